The molecule has 1 aliphatic carbocycles. The number of carboxylic acids is 1. The molecule has 1 aromatic carbocycles. The molecule has 110 valence electrons. The fraction of sp³-hybridized carbons (Fsp3) is 0.333. The average molecular weight is 307 g/mol. The number of carboxylic acid groups (broad SMARTS) is 1. The van der Waals surface area contributed by atoms with Gasteiger partial charge >= 0.3 is 5.97 Å². The number of hydrogen-bond donors (Lipinski definition) is 2. The van der Waals surface area contributed by atoms with Crippen LogP contribution < -0.4 is 5.32 Å². The van der Waals surface area contributed by atoms with Crippen LogP contribution in [0.5, 0.6) is 0 Å². The average Bonchev–Trinajstić information content (AvgIpc) is 2.69. The van der Waals surface area contributed by atoms with E-state index in [1.54, 1.807) is 6.07 Å². The minimum atomic E-state index is -0.811. The Labute approximate surface area is 124 Å². The molecule has 1 aliphatic rings. The molecule has 0 radical (unpaired) electrons. The van der Waals surface area contributed by atoms with Crippen LogP contribution in [0.1, 0.15) is 28.1 Å². The molecule has 21 heavy (non-hydrogen) atoms. The highest BCUT2D eigenvalue weighted by molar-refractivity contribution is 7.21. The zero-order valence-electron chi connectivity index (χ0n) is 11.4. The highest BCUT2D eigenvalue weighted by atomic mass is 32.1. The van der Waals surface area contributed by atoms with Gasteiger partial charge in [0.15, 0.2) is 0 Å². The standard InChI is InChI=1S/C15H14FNO3S/c1-7-11-3-2-9(16)6-12(11)21-13(7)14(18)17-10-4-8(5-10)15(19)20/h2-3,6,8,10H,4-5H2,1H3,(H,17,18)(H,19,20). The van der Waals surface area contributed by atoms with Crippen LogP contribution in [-0.4, -0.2) is 23.0 Å². The minimum absolute atomic E-state index is 0.0834. The maximum atomic E-state index is 13.2. The minimum Gasteiger partial charge on any atom is -0.481 e. The van der Waals surface area contributed by atoms with Crippen molar-refractivity contribution in [2.75, 3.05) is 0 Å². The Bertz CT molecular complexity index is 734. The lowest BCUT2D eigenvalue weighted by Gasteiger charge is -2.32. The second-order valence-corrected chi connectivity index (χ2v) is 6.43. The molecule has 0 unspecified atom stereocenters. The second kappa shape index (κ2) is 5.11. The Morgan fingerprint density at radius 3 is 2.76 bits per heavy atom. The van der Waals surface area contributed by atoms with Crippen LogP contribution in [-0.2, 0) is 4.79 Å². The molecule has 1 saturated carbocycles. The van der Waals surface area contributed by atoms with Crippen LogP contribution in [0.4, 0.5) is 4.39 Å². The second-order valence-electron chi connectivity index (χ2n) is 5.37. The van der Waals surface area contributed by atoms with Crippen molar-refractivity contribution in [2.45, 2.75) is 25.8 Å². The number of aryl methyl sites for hydroxylation is 1. The molecule has 0 atom stereocenters. The predicted molar refractivity (Wildman–Crippen MR) is 78.1 cm³/mol. The Morgan fingerprint density at radius 2 is 2.10 bits per heavy atom. The van der Waals surface area contributed by atoms with Gasteiger partial charge in [-0.15, -0.1) is 11.3 Å². The molecule has 0 bridgehead atoms. The Balaban J connectivity index is 1.76. The van der Waals surface area contributed by atoms with E-state index in [9.17, 15) is 14.0 Å². The molecule has 4 nitrogen and oxygen atoms in total. The summed E-state index contributed by atoms with van der Waals surface area (Å²) in [5, 5.41) is 12.5. The first-order chi connectivity index (χ1) is 9.95. The van der Waals surface area contributed by atoms with Crippen molar-refractivity contribution in [3.8, 4) is 0 Å². The molecule has 0 aliphatic heterocycles. The summed E-state index contributed by atoms with van der Waals surface area (Å²) in [6.07, 6.45) is 0.944. The lowest BCUT2D eigenvalue weighted by Crippen LogP contribution is -2.46. The summed E-state index contributed by atoms with van der Waals surface area (Å²) in [7, 11) is 0. The lowest BCUT2D eigenvalue weighted by atomic mass is 9.80. The van der Waals surface area contributed by atoms with E-state index < -0.39 is 5.97 Å². The summed E-state index contributed by atoms with van der Waals surface area (Å²) < 4.78 is 14.0. The van der Waals surface area contributed by atoms with Crippen molar-refractivity contribution < 1.29 is 19.1 Å². The summed E-state index contributed by atoms with van der Waals surface area (Å²) in [6.45, 7) is 1.84. The van der Waals surface area contributed by atoms with Crippen LogP contribution in [0.2, 0.25) is 0 Å². The van der Waals surface area contributed by atoms with E-state index in [4.69, 9.17) is 5.11 Å². The zero-order valence-corrected chi connectivity index (χ0v) is 12.2. The van der Waals surface area contributed by atoms with E-state index in [2.05, 4.69) is 5.32 Å². The largest absolute Gasteiger partial charge is 0.481 e. The first-order valence-electron chi connectivity index (χ1n) is 6.68. The number of halogens is 1. The molecule has 1 aromatic heterocycles. The van der Waals surface area contributed by atoms with Gasteiger partial charge in [-0.1, -0.05) is 6.07 Å². The van der Waals surface area contributed by atoms with E-state index in [0.29, 0.717) is 17.7 Å². The van der Waals surface area contributed by atoms with Crippen LogP contribution >= 0.6 is 11.3 Å². The fourth-order valence-corrected chi connectivity index (χ4v) is 3.74. The Hall–Kier alpha value is -1.95. The Kier molecular flexibility index (Phi) is 3.41. The van der Waals surface area contributed by atoms with Gasteiger partial charge in [0, 0.05) is 10.7 Å². The first-order valence-corrected chi connectivity index (χ1v) is 7.49. The van der Waals surface area contributed by atoms with Crippen LogP contribution in [0.3, 0.4) is 0 Å². The van der Waals surface area contributed by atoms with Crippen LogP contribution in [0.25, 0.3) is 10.1 Å². The summed E-state index contributed by atoms with van der Waals surface area (Å²) in [5.41, 5.74) is 0.835. The molecule has 1 heterocycles. The summed E-state index contributed by atoms with van der Waals surface area (Å²) in [4.78, 5) is 23.6. The number of fused-ring (bicyclic) bond motifs is 1. The predicted octanol–water partition coefficient (Wildman–Crippen LogP) is 2.94. The van der Waals surface area contributed by atoms with Gasteiger partial charge in [0.2, 0.25) is 0 Å². The van der Waals surface area contributed by atoms with Crippen molar-refractivity contribution in [1.29, 1.82) is 0 Å². The molecule has 1 amide bonds. The molecule has 3 rings (SSSR count). The highest BCUT2D eigenvalue weighted by Gasteiger charge is 2.35. The smallest absolute Gasteiger partial charge is 0.306 e. The number of benzene rings is 1. The Morgan fingerprint density at radius 1 is 1.38 bits per heavy atom. The molecule has 2 N–H and O–H groups in total. The summed E-state index contributed by atoms with van der Waals surface area (Å²) in [5.74, 6) is -1.69. The number of amides is 1. The molecule has 0 saturated heterocycles. The maximum Gasteiger partial charge on any atom is 0.306 e. The van der Waals surface area contributed by atoms with Gasteiger partial charge in [-0.2, -0.15) is 0 Å². The molecule has 1 fully saturated rings. The number of aliphatic carboxylic acids is 1. The third kappa shape index (κ3) is 2.51. The monoisotopic (exact) mass is 307 g/mol. The lowest BCUT2D eigenvalue weighted by molar-refractivity contribution is -0.145. The third-order valence-electron chi connectivity index (χ3n) is 3.93. The maximum absolute atomic E-state index is 13.2. The third-order valence-corrected chi connectivity index (χ3v) is 5.18. The van der Waals surface area contributed by atoms with E-state index in [1.807, 2.05) is 6.92 Å². The number of hydrogen-bond acceptors (Lipinski definition) is 3. The van der Waals surface area contributed by atoms with Crippen LogP contribution in [0.15, 0.2) is 18.2 Å². The van der Waals surface area contributed by atoms with E-state index in [-0.39, 0.29) is 23.7 Å². The molecule has 2 aromatic rings. The van der Waals surface area contributed by atoms with Gasteiger partial charge < -0.3 is 10.4 Å². The van der Waals surface area contributed by atoms with Gasteiger partial charge in [0.25, 0.3) is 5.91 Å². The number of rotatable bonds is 3. The number of nitrogens with one attached hydrogen (secondary N) is 1. The molecular weight excluding hydrogens is 293 g/mol. The van der Waals surface area contributed by atoms with Crippen molar-refractivity contribution >= 4 is 33.3 Å². The fourth-order valence-electron chi connectivity index (χ4n) is 2.60. The quantitative estimate of drug-likeness (QED) is 0.916. The van der Waals surface area contributed by atoms with Gasteiger partial charge in [0.1, 0.15) is 5.82 Å². The summed E-state index contributed by atoms with van der Waals surface area (Å²) in [6, 6.07) is 4.40. The van der Waals surface area contributed by atoms with Crippen molar-refractivity contribution in [3.05, 3.63) is 34.5 Å². The van der Waals surface area contributed by atoms with Crippen molar-refractivity contribution in [1.82, 2.24) is 5.32 Å². The molecule has 6 heteroatoms. The number of carbonyl (C=O) groups is 2. The van der Waals surface area contributed by atoms with Crippen molar-refractivity contribution in [2.24, 2.45) is 5.92 Å². The highest BCUT2D eigenvalue weighted by Crippen LogP contribution is 2.32. The number of thiophene rings is 1. The number of carbonyl (C=O) groups excluding carboxylic acids is 1. The van der Waals surface area contributed by atoms with E-state index in [0.717, 1.165) is 15.6 Å². The normalized spacial score (nSPS) is 21.0. The van der Waals surface area contributed by atoms with Gasteiger partial charge in [-0.3, -0.25) is 9.59 Å². The molecular formula is C15H14FNO3S. The van der Waals surface area contributed by atoms with E-state index >= 15 is 0 Å². The zero-order chi connectivity index (χ0) is 15.1. The van der Waals surface area contributed by atoms with Crippen molar-refractivity contribution in [3.63, 3.8) is 0 Å². The SMILES string of the molecule is Cc1c(C(=O)NC2CC(C(=O)O)C2)sc2cc(F)ccc12. The molecule has 0 spiro atoms. The van der Waals surface area contributed by atoms with Gasteiger partial charge in [-0.05, 0) is 42.8 Å². The topological polar surface area (TPSA) is 66.4 Å². The first kappa shape index (κ1) is 14.0. The van der Waals surface area contributed by atoms with Crippen LogP contribution in [0, 0.1) is 18.7 Å². The summed E-state index contributed by atoms with van der Waals surface area (Å²) >= 11 is 1.26. The van der Waals surface area contributed by atoms with E-state index in [1.165, 1.54) is 23.5 Å². The van der Waals surface area contributed by atoms with Gasteiger partial charge in [0.05, 0.1) is 10.8 Å². The van der Waals surface area contributed by atoms with Gasteiger partial charge in [-0.25, -0.2) is 4.39 Å².